The van der Waals surface area contributed by atoms with E-state index in [1.54, 1.807) is 25.1 Å². The normalized spacial score (nSPS) is 15.8. The summed E-state index contributed by atoms with van der Waals surface area (Å²) in [6, 6.07) is 9.50. The lowest BCUT2D eigenvalue weighted by Gasteiger charge is -2.14. The Morgan fingerprint density at radius 3 is 2.62 bits per heavy atom. The third kappa shape index (κ3) is 4.10. The molecule has 3 aromatic rings. The topological polar surface area (TPSA) is 119 Å². The Hall–Kier alpha value is -3.86. The first-order valence-corrected chi connectivity index (χ1v) is 12.0. The first-order chi connectivity index (χ1) is 16.3. The number of anilines is 1. The van der Waals surface area contributed by atoms with Gasteiger partial charge in [0.15, 0.2) is 17.3 Å². The molecule has 2 heterocycles. The van der Waals surface area contributed by atoms with Crippen LogP contribution in [0.5, 0.6) is 11.5 Å². The maximum atomic E-state index is 13.1. The van der Waals surface area contributed by atoms with Crippen LogP contribution in [0.2, 0.25) is 0 Å². The minimum Gasteiger partial charge on any atom is -0.455 e. The number of furan rings is 1. The predicted octanol–water partition coefficient (Wildman–Crippen LogP) is 3.73. The van der Waals surface area contributed by atoms with E-state index in [1.807, 2.05) is 0 Å². The summed E-state index contributed by atoms with van der Waals surface area (Å²) in [6.45, 7) is 1.86. The Bertz CT molecular complexity index is 1410. The molecule has 2 N–H and O–H groups in total. The molecule has 2 aliphatic rings. The van der Waals surface area contributed by atoms with E-state index in [-0.39, 0.29) is 17.4 Å². The highest BCUT2D eigenvalue weighted by Crippen LogP contribution is 2.35. The van der Waals surface area contributed by atoms with Crippen molar-refractivity contribution in [2.45, 2.75) is 31.1 Å². The highest BCUT2D eigenvalue weighted by molar-refractivity contribution is 7.89. The molecule has 1 aliphatic carbocycles. The van der Waals surface area contributed by atoms with E-state index < -0.39 is 21.7 Å². The molecule has 5 rings (SSSR count). The molecule has 1 aliphatic heterocycles. The molecular formula is C23H20FN3O6S. The molecule has 0 saturated heterocycles. The van der Waals surface area contributed by atoms with Gasteiger partial charge in [-0.2, -0.15) is 18.4 Å². The van der Waals surface area contributed by atoms with Crippen molar-refractivity contribution in [2.75, 3.05) is 12.1 Å². The number of amides is 1. The highest BCUT2D eigenvalue weighted by atomic mass is 32.2. The molecule has 11 heteroatoms. The number of hydrogen-bond donors (Lipinski definition) is 2. The monoisotopic (exact) mass is 485 g/mol. The summed E-state index contributed by atoms with van der Waals surface area (Å²) in [5.41, 5.74) is 2.16. The second-order valence-corrected chi connectivity index (χ2v) is 9.50. The highest BCUT2D eigenvalue weighted by Gasteiger charge is 2.29. The van der Waals surface area contributed by atoms with Crippen molar-refractivity contribution >= 4 is 27.3 Å². The molecule has 0 fully saturated rings. The molecule has 0 bridgehead atoms. The number of nitrogens with zero attached hydrogens (tertiary/aromatic N) is 1. The zero-order chi connectivity index (χ0) is 23.9. The fraction of sp³-hybridized carbons (Fsp3) is 0.217. The van der Waals surface area contributed by atoms with Crippen molar-refractivity contribution in [3.8, 4) is 11.5 Å². The quantitative estimate of drug-likeness (QED) is 0.532. The van der Waals surface area contributed by atoms with Crippen LogP contribution < -0.4 is 19.6 Å². The third-order valence-corrected chi connectivity index (χ3v) is 6.81. The predicted molar refractivity (Wildman–Crippen MR) is 120 cm³/mol. The number of aryl methyl sites for hydroxylation is 1. The Labute approximate surface area is 194 Å². The van der Waals surface area contributed by atoms with Crippen LogP contribution in [0.1, 0.15) is 40.3 Å². The Morgan fingerprint density at radius 2 is 1.82 bits per heavy atom. The Kier molecular flexibility index (Phi) is 5.48. The standard InChI is InChI=1S/C23H20FN3O6S/c1-13-21-17(26-27-34(29,30)16-8-5-14(24)6-9-16)3-2-4-19(21)33-22(13)23(28)25-15-7-10-18-20(11-15)32-12-31-18/h5-11,27H,2-4,12H2,1H3,(H,25,28)/b26-17+. The van der Waals surface area contributed by atoms with E-state index in [1.165, 1.54) is 0 Å². The smallest absolute Gasteiger partial charge is 0.291 e. The number of rotatable bonds is 5. The van der Waals surface area contributed by atoms with Crippen molar-refractivity contribution < 1.29 is 31.5 Å². The minimum atomic E-state index is -3.98. The largest absolute Gasteiger partial charge is 0.455 e. The molecular weight excluding hydrogens is 465 g/mol. The second kappa shape index (κ2) is 8.49. The molecule has 9 nitrogen and oxygen atoms in total. The number of benzene rings is 2. The summed E-state index contributed by atoms with van der Waals surface area (Å²) >= 11 is 0. The summed E-state index contributed by atoms with van der Waals surface area (Å²) < 4.78 is 54.7. The lowest BCUT2D eigenvalue weighted by atomic mass is 9.93. The number of sulfonamides is 1. The molecule has 0 unspecified atom stereocenters. The molecule has 0 radical (unpaired) electrons. The molecule has 34 heavy (non-hydrogen) atoms. The van der Waals surface area contributed by atoms with Gasteiger partial charge < -0.3 is 19.2 Å². The molecule has 2 aromatic carbocycles. The van der Waals surface area contributed by atoms with Crippen molar-refractivity contribution in [3.63, 3.8) is 0 Å². The van der Waals surface area contributed by atoms with Crippen LogP contribution in [0.3, 0.4) is 0 Å². The average Bonchev–Trinajstić information content (AvgIpc) is 3.42. The summed E-state index contributed by atoms with van der Waals surface area (Å²) in [7, 11) is -3.98. The molecule has 176 valence electrons. The van der Waals surface area contributed by atoms with Gasteiger partial charge in [-0.1, -0.05) is 0 Å². The van der Waals surface area contributed by atoms with Crippen LogP contribution in [-0.4, -0.2) is 26.8 Å². The van der Waals surface area contributed by atoms with E-state index in [0.717, 1.165) is 24.3 Å². The lowest BCUT2D eigenvalue weighted by Crippen LogP contribution is -2.22. The number of fused-ring (bicyclic) bond motifs is 2. The summed E-state index contributed by atoms with van der Waals surface area (Å²) in [5.74, 6) is 0.848. The van der Waals surface area contributed by atoms with Crippen LogP contribution in [0, 0.1) is 12.7 Å². The van der Waals surface area contributed by atoms with E-state index in [0.29, 0.717) is 59.0 Å². The third-order valence-electron chi connectivity index (χ3n) is 5.59. The summed E-state index contributed by atoms with van der Waals surface area (Å²) in [4.78, 5) is 15.0. The Balaban J connectivity index is 1.39. The van der Waals surface area contributed by atoms with Gasteiger partial charge >= 0.3 is 0 Å². The number of ether oxygens (including phenoxy) is 2. The Morgan fingerprint density at radius 1 is 1.06 bits per heavy atom. The number of halogens is 1. The maximum absolute atomic E-state index is 13.1. The van der Waals surface area contributed by atoms with Crippen LogP contribution in [0.25, 0.3) is 0 Å². The zero-order valence-corrected chi connectivity index (χ0v) is 18.9. The number of carbonyl (C=O) groups is 1. The van der Waals surface area contributed by atoms with Crippen molar-refractivity contribution in [3.05, 3.63) is 70.9 Å². The second-order valence-electron chi connectivity index (χ2n) is 7.84. The van der Waals surface area contributed by atoms with Gasteiger partial charge in [0, 0.05) is 29.3 Å². The van der Waals surface area contributed by atoms with Gasteiger partial charge in [0.05, 0.1) is 10.6 Å². The van der Waals surface area contributed by atoms with Gasteiger partial charge in [-0.15, -0.1) is 0 Å². The minimum absolute atomic E-state index is 0.109. The van der Waals surface area contributed by atoms with Gasteiger partial charge in [0.2, 0.25) is 6.79 Å². The van der Waals surface area contributed by atoms with Crippen LogP contribution in [-0.2, 0) is 16.4 Å². The van der Waals surface area contributed by atoms with Gasteiger partial charge in [-0.25, -0.2) is 4.39 Å². The fourth-order valence-electron chi connectivity index (χ4n) is 3.94. The zero-order valence-electron chi connectivity index (χ0n) is 18.1. The molecule has 0 atom stereocenters. The van der Waals surface area contributed by atoms with Crippen LogP contribution in [0.4, 0.5) is 10.1 Å². The maximum Gasteiger partial charge on any atom is 0.291 e. The summed E-state index contributed by atoms with van der Waals surface area (Å²) in [5, 5.41) is 6.90. The number of carbonyl (C=O) groups excluding carboxylic acids is 1. The van der Waals surface area contributed by atoms with Gasteiger partial charge in [-0.3, -0.25) is 4.79 Å². The molecule has 1 amide bonds. The number of nitrogens with one attached hydrogen (secondary N) is 2. The first-order valence-electron chi connectivity index (χ1n) is 10.5. The molecule has 1 aromatic heterocycles. The van der Waals surface area contributed by atoms with E-state index >= 15 is 0 Å². The SMILES string of the molecule is Cc1c(C(=O)Nc2ccc3c(c2)OCO3)oc2c1/C(=N/NS(=O)(=O)c1ccc(F)cc1)CCC2. The average molecular weight is 485 g/mol. The van der Waals surface area contributed by atoms with E-state index in [2.05, 4.69) is 15.2 Å². The van der Waals surface area contributed by atoms with Crippen molar-refractivity contribution in [1.82, 2.24) is 4.83 Å². The van der Waals surface area contributed by atoms with Gasteiger partial charge in [0.25, 0.3) is 15.9 Å². The van der Waals surface area contributed by atoms with E-state index in [9.17, 15) is 17.6 Å². The first kappa shape index (κ1) is 22.0. The number of hydrazone groups is 1. The summed E-state index contributed by atoms with van der Waals surface area (Å²) in [6.07, 6.45) is 1.78. The van der Waals surface area contributed by atoms with Gasteiger partial charge in [0.1, 0.15) is 11.6 Å². The van der Waals surface area contributed by atoms with E-state index in [4.69, 9.17) is 13.9 Å². The van der Waals surface area contributed by atoms with Crippen LogP contribution in [0.15, 0.2) is 56.9 Å². The van der Waals surface area contributed by atoms with Crippen molar-refractivity contribution in [2.24, 2.45) is 5.10 Å². The molecule has 0 saturated carbocycles. The lowest BCUT2D eigenvalue weighted by molar-refractivity contribution is 0.0994. The fourth-order valence-corrected chi connectivity index (χ4v) is 4.77. The number of hydrogen-bond acceptors (Lipinski definition) is 7. The van der Waals surface area contributed by atoms with Gasteiger partial charge in [-0.05, 0) is 56.2 Å². The molecule has 0 spiro atoms. The van der Waals surface area contributed by atoms with Crippen LogP contribution >= 0.6 is 0 Å². The van der Waals surface area contributed by atoms with Crippen molar-refractivity contribution in [1.29, 1.82) is 0 Å².